The van der Waals surface area contributed by atoms with Gasteiger partial charge in [-0.2, -0.15) is 0 Å². The van der Waals surface area contributed by atoms with Gasteiger partial charge in [0, 0.05) is 29.6 Å². The minimum Gasteiger partial charge on any atom is -0.494 e. The minimum atomic E-state index is -0.869. The van der Waals surface area contributed by atoms with Crippen LogP contribution in [0.3, 0.4) is 0 Å². The van der Waals surface area contributed by atoms with Crippen molar-refractivity contribution in [3.63, 3.8) is 0 Å². The Labute approximate surface area is 218 Å². The first kappa shape index (κ1) is 25.2. The van der Waals surface area contributed by atoms with Crippen LogP contribution >= 0.6 is 0 Å². The number of fused-ring (bicyclic) bond motifs is 1. The Balaban J connectivity index is 1.63. The number of carbonyl (C=O) groups is 1. The molecule has 0 radical (unpaired) electrons. The maximum absolute atomic E-state index is 15.3. The summed E-state index contributed by atoms with van der Waals surface area (Å²) in [6.07, 6.45) is 4.47. The zero-order valence-corrected chi connectivity index (χ0v) is 21.2. The lowest BCUT2D eigenvalue weighted by molar-refractivity contribution is -0.105. The first-order valence-corrected chi connectivity index (χ1v) is 12.1. The van der Waals surface area contributed by atoms with Crippen molar-refractivity contribution in [2.24, 2.45) is 5.92 Å². The van der Waals surface area contributed by atoms with Crippen LogP contribution in [0, 0.1) is 24.5 Å². The van der Waals surface area contributed by atoms with Crippen molar-refractivity contribution in [1.29, 1.82) is 0 Å². The van der Waals surface area contributed by atoms with Crippen LogP contribution in [0.15, 0.2) is 42.6 Å². The quantitative estimate of drug-likeness (QED) is 0.220. The second-order valence-corrected chi connectivity index (χ2v) is 9.14. The molecule has 8 nitrogen and oxygen atoms in total. The van der Waals surface area contributed by atoms with E-state index in [2.05, 4.69) is 25.9 Å². The van der Waals surface area contributed by atoms with Crippen LogP contribution in [-0.4, -0.2) is 37.1 Å². The highest BCUT2D eigenvalue weighted by Gasteiger charge is 2.25. The van der Waals surface area contributed by atoms with Crippen molar-refractivity contribution in [3.8, 4) is 22.8 Å². The van der Waals surface area contributed by atoms with Crippen molar-refractivity contribution >= 4 is 40.2 Å². The number of hydrogen-bond donors (Lipinski definition) is 3. The molecule has 0 atom stereocenters. The van der Waals surface area contributed by atoms with Gasteiger partial charge in [0.25, 0.3) is 0 Å². The van der Waals surface area contributed by atoms with Gasteiger partial charge in [-0.15, -0.1) is 0 Å². The Morgan fingerprint density at radius 3 is 2.47 bits per heavy atom. The van der Waals surface area contributed by atoms with Gasteiger partial charge in [-0.1, -0.05) is 12.1 Å². The van der Waals surface area contributed by atoms with Gasteiger partial charge in [-0.05, 0) is 49.4 Å². The molecule has 10 heteroatoms. The first-order valence-electron chi connectivity index (χ1n) is 12.1. The summed E-state index contributed by atoms with van der Waals surface area (Å²) in [6.45, 7) is 2.61. The molecule has 0 bridgehead atoms. The third-order valence-corrected chi connectivity index (χ3v) is 6.54. The molecular weight excluding hydrogens is 492 g/mol. The summed E-state index contributed by atoms with van der Waals surface area (Å²) >= 11 is 0. The molecular formula is C28H27F2N5O3. The van der Waals surface area contributed by atoms with Crippen LogP contribution in [-0.2, 0) is 4.79 Å². The summed E-state index contributed by atoms with van der Waals surface area (Å²) in [5.74, 6) is -0.508. The zero-order chi connectivity index (χ0) is 26.8. The van der Waals surface area contributed by atoms with E-state index >= 15 is 8.78 Å². The number of anilines is 4. The average molecular weight is 520 g/mol. The number of hydrogen-bond acceptors (Lipinski definition) is 7. The van der Waals surface area contributed by atoms with Crippen LogP contribution in [0.25, 0.3) is 22.0 Å². The third-order valence-electron chi connectivity index (χ3n) is 6.54. The molecule has 3 N–H and O–H groups in total. The van der Waals surface area contributed by atoms with Gasteiger partial charge < -0.3 is 25.4 Å². The van der Waals surface area contributed by atoms with Crippen LogP contribution < -0.4 is 25.4 Å². The number of aromatic nitrogens is 2. The predicted octanol–water partition coefficient (Wildman–Crippen LogP) is 6.03. The lowest BCUT2D eigenvalue weighted by atomic mass is 10.1. The fourth-order valence-electron chi connectivity index (χ4n) is 4.30. The smallest absolute Gasteiger partial charge is 0.211 e. The third kappa shape index (κ3) is 4.89. The van der Waals surface area contributed by atoms with Gasteiger partial charge in [-0.25, -0.2) is 18.7 Å². The van der Waals surface area contributed by atoms with Crippen molar-refractivity contribution in [3.05, 3.63) is 59.8 Å². The first-order chi connectivity index (χ1) is 18.4. The van der Waals surface area contributed by atoms with E-state index in [1.165, 1.54) is 20.3 Å². The van der Waals surface area contributed by atoms with E-state index in [9.17, 15) is 4.79 Å². The Bertz CT molecular complexity index is 1500. The molecule has 2 aromatic heterocycles. The number of halogens is 2. The maximum Gasteiger partial charge on any atom is 0.211 e. The summed E-state index contributed by atoms with van der Waals surface area (Å²) in [4.78, 5) is 20.2. The standard InChI is InChI=1S/C28H27F2N5O3/c1-15-5-4-6-19(33-14-36)27(15)35-23-10-18-17(13-31-23)9-20(34-28(18)32-12-16-7-8-16)24-25(29)21(37-2)11-22(38-3)26(24)30/h4-6,9-11,13-14,16H,7-8,12H2,1-3H3,(H,31,35)(H,32,34)(H,33,36). The van der Waals surface area contributed by atoms with Crippen molar-refractivity contribution in [1.82, 2.24) is 9.97 Å². The molecule has 38 heavy (non-hydrogen) atoms. The number of amides is 1. The van der Waals surface area contributed by atoms with E-state index in [-0.39, 0.29) is 22.8 Å². The summed E-state index contributed by atoms with van der Waals surface area (Å²) in [5, 5.41) is 10.7. The molecule has 1 aliphatic carbocycles. The Morgan fingerprint density at radius 1 is 1.08 bits per heavy atom. The van der Waals surface area contributed by atoms with Gasteiger partial charge in [0.05, 0.1) is 36.9 Å². The number of para-hydroxylation sites is 1. The fraction of sp³-hybridized carbons (Fsp3) is 0.250. The van der Waals surface area contributed by atoms with E-state index in [0.29, 0.717) is 47.3 Å². The number of aryl methyl sites for hydroxylation is 1. The summed E-state index contributed by atoms with van der Waals surface area (Å²) in [6, 6.07) is 10.1. The molecule has 1 fully saturated rings. The highest BCUT2D eigenvalue weighted by atomic mass is 19.1. The average Bonchev–Trinajstić information content (AvgIpc) is 3.74. The van der Waals surface area contributed by atoms with Crippen LogP contribution in [0.4, 0.5) is 31.8 Å². The van der Waals surface area contributed by atoms with Crippen LogP contribution in [0.5, 0.6) is 11.5 Å². The molecule has 2 aromatic carbocycles. The normalized spacial score (nSPS) is 12.8. The van der Waals surface area contributed by atoms with Gasteiger partial charge in [0.15, 0.2) is 23.1 Å². The molecule has 1 saturated carbocycles. The van der Waals surface area contributed by atoms with Crippen molar-refractivity contribution < 1.29 is 23.0 Å². The Hall–Kier alpha value is -4.47. The van der Waals surface area contributed by atoms with Gasteiger partial charge in [-0.3, -0.25) is 4.79 Å². The van der Waals surface area contributed by atoms with E-state index < -0.39 is 11.6 Å². The fourth-order valence-corrected chi connectivity index (χ4v) is 4.30. The van der Waals surface area contributed by atoms with E-state index in [4.69, 9.17) is 9.47 Å². The largest absolute Gasteiger partial charge is 0.494 e. The molecule has 196 valence electrons. The monoisotopic (exact) mass is 519 g/mol. The molecule has 4 aromatic rings. The Kier molecular flexibility index (Phi) is 6.95. The SMILES string of the molecule is COc1cc(OC)c(F)c(-c2cc3cnc(Nc4c(C)cccc4NC=O)cc3c(NCC3CC3)n2)c1F. The van der Waals surface area contributed by atoms with Crippen LogP contribution in [0.1, 0.15) is 18.4 Å². The second-order valence-electron chi connectivity index (χ2n) is 9.14. The summed E-state index contributed by atoms with van der Waals surface area (Å²) in [7, 11) is 2.61. The molecule has 5 rings (SSSR count). The molecule has 1 amide bonds. The van der Waals surface area contributed by atoms with Gasteiger partial charge in [0.1, 0.15) is 11.6 Å². The van der Waals surface area contributed by atoms with E-state index in [0.717, 1.165) is 23.8 Å². The number of nitrogens with one attached hydrogen (secondary N) is 3. The zero-order valence-electron chi connectivity index (χ0n) is 21.2. The van der Waals surface area contributed by atoms with E-state index in [1.54, 1.807) is 18.3 Å². The number of ether oxygens (including phenoxy) is 2. The van der Waals surface area contributed by atoms with Crippen molar-refractivity contribution in [2.75, 3.05) is 36.7 Å². The number of nitrogens with zero attached hydrogens (tertiary/aromatic N) is 2. The maximum atomic E-state index is 15.3. The molecule has 0 saturated heterocycles. The molecule has 0 unspecified atom stereocenters. The number of rotatable bonds is 10. The van der Waals surface area contributed by atoms with E-state index in [1.807, 2.05) is 25.1 Å². The molecule has 2 heterocycles. The Morgan fingerprint density at radius 2 is 1.82 bits per heavy atom. The lowest BCUT2D eigenvalue weighted by Gasteiger charge is -2.17. The number of pyridine rings is 2. The van der Waals surface area contributed by atoms with Gasteiger partial charge >= 0.3 is 0 Å². The topological polar surface area (TPSA) is 97.4 Å². The number of benzene rings is 2. The minimum absolute atomic E-state index is 0.0851. The predicted molar refractivity (Wildman–Crippen MR) is 143 cm³/mol. The van der Waals surface area contributed by atoms with Crippen molar-refractivity contribution in [2.45, 2.75) is 19.8 Å². The second kappa shape index (κ2) is 10.5. The summed E-state index contributed by atoms with van der Waals surface area (Å²) < 4.78 is 40.8. The van der Waals surface area contributed by atoms with Gasteiger partial charge in [0.2, 0.25) is 6.41 Å². The lowest BCUT2D eigenvalue weighted by Crippen LogP contribution is -2.08. The molecule has 0 spiro atoms. The summed E-state index contributed by atoms with van der Waals surface area (Å²) in [5.41, 5.74) is 1.97. The number of carbonyl (C=O) groups excluding carboxylic acids is 1. The highest BCUT2D eigenvalue weighted by Crippen LogP contribution is 2.39. The molecule has 0 aliphatic heterocycles. The highest BCUT2D eigenvalue weighted by molar-refractivity contribution is 5.96. The number of methoxy groups -OCH3 is 2. The molecule has 1 aliphatic rings. The van der Waals surface area contributed by atoms with Crippen LogP contribution in [0.2, 0.25) is 0 Å².